The second kappa shape index (κ2) is 5.52. The molecule has 1 atom stereocenters. The zero-order valence-electron chi connectivity index (χ0n) is 9.17. The summed E-state index contributed by atoms with van der Waals surface area (Å²) in [6, 6.07) is 0. The highest BCUT2D eigenvalue weighted by Gasteiger charge is 2.36. The molecule has 82 valence electrons. The van der Waals surface area contributed by atoms with Gasteiger partial charge in [-0.2, -0.15) is 0 Å². The Morgan fingerprint density at radius 1 is 1.43 bits per heavy atom. The molecule has 0 heterocycles. The summed E-state index contributed by atoms with van der Waals surface area (Å²) in [6.07, 6.45) is 8.32. The summed E-state index contributed by atoms with van der Waals surface area (Å²) in [7, 11) is 0. The Hall–Kier alpha value is -0.340. The Kier molecular flexibility index (Phi) is 4.63. The molecule has 0 saturated heterocycles. The van der Waals surface area contributed by atoms with Crippen LogP contribution in [0.5, 0.6) is 0 Å². The summed E-state index contributed by atoms with van der Waals surface area (Å²) < 4.78 is 5.50. The van der Waals surface area contributed by atoms with Gasteiger partial charge < -0.3 is 9.84 Å². The maximum atomic E-state index is 10.3. The Morgan fingerprint density at radius 3 is 2.57 bits per heavy atom. The minimum Gasteiger partial charge on any atom is -0.365 e. The number of hydrogen-bond donors (Lipinski definition) is 1. The predicted octanol–water partition coefficient (Wildman–Crippen LogP) is 2.87. The van der Waals surface area contributed by atoms with E-state index in [1.54, 1.807) is 6.08 Å². The van der Waals surface area contributed by atoms with E-state index in [1.165, 1.54) is 19.3 Å². The zero-order chi connectivity index (χ0) is 10.4. The van der Waals surface area contributed by atoms with Gasteiger partial charge in [-0.15, -0.1) is 6.58 Å². The topological polar surface area (TPSA) is 29.5 Å². The fourth-order valence-electron chi connectivity index (χ4n) is 2.27. The first-order valence-corrected chi connectivity index (χ1v) is 5.70. The molecule has 0 aliphatic heterocycles. The molecule has 1 aliphatic carbocycles. The van der Waals surface area contributed by atoms with Crippen molar-refractivity contribution in [2.45, 2.75) is 51.2 Å². The summed E-state index contributed by atoms with van der Waals surface area (Å²) in [5, 5.41) is 10.3. The number of aliphatic hydroxyl groups is 1. The lowest BCUT2D eigenvalue weighted by Gasteiger charge is -2.37. The van der Waals surface area contributed by atoms with Crippen molar-refractivity contribution in [1.29, 1.82) is 0 Å². The van der Waals surface area contributed by atoms with Crippen LogP contribution in [-0.4, -0.2) is 17.5 Å². The highest BCUT2D eigenvalue weighted by atomic mass is 16.6. The molecule has 1 N–H and O–H groups in total. The van der Waals surface area contributed by atoms with Crippen LogP contribution < -0.4 is 0 Å². The number of hydrogen-bond acceptors (Lipinski definition) is 2. The minimum atomic E-state index is -0.908. The molecule has 0 radical (unpaired) electrons. The molecular weight excluding hydrogens is 176 g/mol. The van der Waals surface area contributed by atoms with E-state index in [0.29, 0.717) is 18.9 Å². The van der Waals surface area contributed by atoms with Gasteiger partial charge in [0.1, 0.15) is 0 Å². The van der Waals surface area contributed by atoms with Gasteiger partial charge in [0.15, 0.2) is 5.79 Å². The molecule has 0 amide bonds. The third kappa shape index (κ3) is 2.82. The van der Waals surface area contributed by atoms with Crippen LogP contribution in [0.4, 0.5) is 0 Å². The largest absolute Gasteiger partial charge is 0.365 e. The van der Waals surface area contributed by atoms with Gasteiger partial charge in [-0.25, -0.2) is 0 Å². The van der Waals surface area contributed by atoms with E-state index in [4.69, 9.17) is 4.74 Å². The van der Waals surface area contributed by atoms with Crippen LogP contribution in [-0.2, 0) is 4.74 Å². The average molecular weight is 198 g/mol. The van der Waals surface area contributed by atoms with Crippen LogP contribution in [0.1, 0.15) is 45.4 Å². The lowest BCUT2D eigenvalue weighted by molar-refractivity contribution is -0.237. The molecule has 1 aliphatic rings. The summed E-state index contributed by atoms with van der Waals surface area (Å²) in [5.74, 6) is -0.588. The smallest absolute Gasteiger partial charge is 0.168 e. The van der Waals surface area contributed by atoms with Gasteiger partial charge >= 0.3 is 0 Å². The van der Waals surface area contributed by atoms with Crippen molar-refractivity contribution < 1.29 is 9.84 Å². The average Bonchev–Trinajstić information content (AvgIpc) is 2.27. The predicted molar refractivity (Wildman–Crippen MR) is 58.0 cm³/mol. The van der Waals surface area contributed by atoms with Gasteiger partial charge in [-0.3, -0.25) is 0 Å². The number of ether oxygens (including phenoxy) is 1. The van der Waals surface area contributed by atoms with Crippen LogP contribution >= 0.6 is 0 Å². The molecule has 1 rings (SSSR count). The number of rotatable bonds is 5. The summed E-state index contributed by atoms with van der Waals surface area (Å²) >= 11 is 0. The van der Waals surface area contributed by atoms with Gasteiger partial charge in [0.05, 0.1) is 6.61 Å². The molecule has 0 aromatic heterocycles. The highest BCUT2D eigenvalue weighted by molar-refractivity contribution is 4.81. The molecule has 1 fully saturated rings. The van der Waals surface area contributed by atoms with Gasteiger partial charge in [0, 0.05) is 5.92 Å². The lowest BCUT2D eigenvalue weighted by Crippen LogP contribution is -2.41. The second-order valence-corrected chi connectivity index (χ2v) is 4.13. The maximum absolute atomic E-state index is 10.3. The Labute approximate surface area is 87.0 Å². The third-order valence-electron chi connectivity index (χ3n) is 3.20. The second-order valence-electron chi connectivity index (χ2n) is 4.13. The van der Waals surface area contributed by atoms with E-state index in [0.717, 1.165) is 12.8 Å². The molecule has 0 bridgehead atoms. The maximum Gasteiger partial charge on any atom is 0.168 e. The molecular formula is C12H22O2. The normalized spacial score (nSPS) is 23.0. The van der Waals surface area contributed by atoms with E-state index < -0.39 is 5.79 Å². The van der Waals surface area contributed by atoms with Crippen LogP contribution in [0.15, 0.2) is 12.7 Å². The van der Waals surface area contributed by atoms with Crippen molar-refractivity contribution in [1.82, 2.24) is 0 Å². The van der Waals surface area contributed by atoms with Gasteiger partial charge in [0.2, 0.25) is 0 Å². The molecule has 0 unspecified atom stereocenters. The summed E-state index contributed by atoms with van der Waals surface area (Å²) in [6.45, 7) is 6.04. The highest BCUT2D eigenvalue weighted by Crippen LogP contribution is 2.35. The third-order valence-corrected chi connectivity index (χ3v) is 3.20. The van der Waals surface area contributed by atoms with Crippen molar-refractivity contribution in [2.75, 3.05) is 6.61 Å². The van der Waals surface area contributed by atoms with Gasteiger partial charge in [0.25, 0.3) is 0 Å². The van der Waals surface area contributed by atoms with Crippen LogP contribution in [0, 0.1) is 5.92 Å². The molecule has 14 heavy (non-hydrogen) atoms. The quantitative estimate of drug-likeness (QED) is 0.543. The molecule has 2 nitrogen and oxygen atoms in total. The summed E-state index contributed by atoms with van der Waals surface area (Å²) in [5.41, 5.74) is 0. The fourth-order valence-corrected chi connectivity index (χ4v) is 2.27. The van der Waals surface area contributed by atoms with Crippen molar-refractivity contribution in [3.05, 3.63) is 12.7 Å². The minimum absolute atomic E-state index is 0.321. The van der Waals surface area contributed by atoms with Gasteiger partial charge in [-0.1, -0.05) is 32.3 Å². The van der Waals surface area contributed by atoms with Crippen LogP contribution in [0.25, 0.3) is 0 Å². The van der Waals surface area contributed by atoms with Crippen molar-refractivity contribution in [3.8, 4) is 0 Å². The SMILES string of the molecule is C=CCO[C@@](O)(CC)C1CCCCC1. The van der Waals surface area contributed by atoms with E-state index in [-0.39, 0.29) is 0 Å². The molecule has 2 heteroatoms. The van der Waals surface area contributed by atoms with Crippen molar-refractivity contribution >= 4 is 0 Å². The Bertz CT molecular complexity index is 173. The first kappa shape index (κ1) is 11.7. The fraction of sp³-hybridized carbons (Fsp3) is 0.833. The van der Waals surface area contributed by atoms with E-state index in [9.17, 15) is 5.11 Å². The molecule has 0 spiro atoms. The van der Waals surface area contributed by atoms with Crippen LogP contribution in [0.3, 0.4) is 0 Å². The van der Waals surface area contributed by atoms with Crippen molar-refractivity contribution in [3.63, 3.8) is 0 Å². The van der Waals surface area contributed by atoms with Crippen molar-refractivity contribution in [2.24, 2.45) is 5.92 Å². The summed E-state index contributed by atoms with van der Waals surface area (Å²) in [4.78, 5) is 0. The zero-order valence-corrected chi connectivity index (χ0v) is 9.17. The standard InChI is InChI=1S/C12H22O2/c1-3-10-14-12(13,4-2)11-8-6-5-7-9-11/h3,11,13H,1,4-10H2,2H3/t12-/m0/s1. The van der Waals surface area contributed by atoms with E-state index >= 15 is 0 Å². The van der Waals surface area contributed by atoms with E-state index in [2.05, 4.69) is 6.58 Å². The first-order valence-electron chi connectivity index (χ1n) is 5.70. The lowest BCUT2D eigenvalue weighted by atomic mass is 9.82. The monoisotopic (exact) mass is 198 g/mol. The first-order chi connectivity index (χ1) is 6.73. The van der Waals surface area contributed by atoms with Crippen LogP contribution in [0.2, 0.25) is 0 Å². The molecule has 0 aromatic rings. The molecule has 1 saturated carbocycles. The van der Waals surface area contributed by atoms with Gasteiger partial charge in [-0.05, 0) is 19.3 Å². The van der Waals surface area contributed by atoms with E-state index in [1.807, 2.05) is 6.92 Å². The Morgan fingerprint density at radius 2 is 2.07 bits per heavy atom. The Balaban J connectivity index is 2.51. The molecule has 0 aromatic carbocycles.